The molecule has 1 fully saturated rings. The Balaban J connectivity index is 2.58. The van der Waals surface area contributed by atoms with Crippen LogP contribution in [0.1, 0.15) is 59.3 Å². The zero-order valence-corrected chi connectivity index (χ0v) is 13.2. The third-order valence-corrected chi connectivity index (χ3v) is 4.45. The van der Waals surface area contributed by atoms with Gasteiger partial charge < -0.3 is 10.4 Å². The molecule has 114 valence electrons. The Hall–Kier alpha value is -0.120. The van der Waals surface area contributed by atoms with Gasteiger partial charge in [-0.3, -0.25) is 4.90 Å². The van der Waals surface area contributed by atoms with Crippen LogP contribution in [0.3, 0.4) is 0 Å². The maximum absolute atomic E-state index is 9.24. The lowest BCUT2D eigenvalue weighted by atomic mass is 9.83. The van der Waals surface area contributed by atoms with Crippen molar-refractivity contribution in [2.45, 2.75) is 65.3 Å². The lowest BCUT2D eigenvalue weighted by Crippen LogP contribution is -2.48. The molecule has 0 aromatic rings. The largest absolute Gasteiger partial charge is 0.396 e. The van der Waals surface area contributed by atoms with Gasteiger partial charge in [0.2, 0.25) is 0 Å². The summed E-state index contributed by atoms with van der Waals surface area (Å²) in [6.45, 7) is 11.8. The van der Waals surface area contributed by atoms with E-state index >= 15 is 0 Å². The van der Waals surface area contributed by atoms with Gasteiger partial charge in [0.05, 0.1) is 0 Å². The van der Waals surface area contributed by atoms with E-state index in [2.05, 4.69) is 31.0 Å². The summed E-state index contributed by atoms with van der Waals surface area (Å²) in [4.78, 5) is 2.65. The summed E-state index contributed by atoms with van der Waals surface area (Å²) in [7, 11) is 0. The second kappa shape index (κ2) is 8.93. The van der Waals surface area contributed by atoms with Crippen LogP contribution in [0.15, 0.2) is 0 Å². The monoisotopic (exact) mass is 270 g/mol. The van der Waals surface area contributed by atoms with Gasteiger partial charge >= 0.3 is 0 Å². The lowest BCUT2D eigenvalue weighted by molar-refractivity contribution is 0.0678. The Morgan fingerprint density at radius 2 is 2.11 bits per heavy atom. The van der Waals surface area contributed by atoms with E-state index < -0.39 is 0 Å². The summed E-state index contributed by atoms with van der Waals surface area (Å²) >= 11 is 0. The van der Waals surface area contributed by atoms with E-state index in [1.807, 2.05) is 0 Å². The molecule has 3 nitrogen and oxygen atoms in total. The van der Waals surface area contributed by atoms with Crippen molar-refractivity contribution in [3.8, 4) is 0 Å². The number of hydrogen-bond acceptors (Lipinski definition) is 3. The summed E-state index contributed by atoms with van der Waals surface area (Å²) in [5.74, 6) is 0. The third kappa shape index (κ3) is 5.80. The first kappa shape index (κ1) is 16.9. The lowest BCUT2D eigenvalue weighted by Gasteiger charge is -2.42. The minimum atomic E-state index is 0.332. The van der Waals surface area contributed by atoms with Gasteiger partial charge in [-0.2, -0.15) is 0 Å². The molecular weight excluding hydrogens is 236 g/mol. The summed E-state index contributed by atoms with van der Waals surface area (Å²) in [6, 6.07) is 0.608. The highest BCUT2D eigenvalue weighted by Crippen LogP contribution is 2.28. The maximum Gasteiger partial charge on any atom is 0.0445 e. The molecule has 0 bridgehead atoms. The summed E-state index contributed by atoms with van der Waals surface area (Å²) < 4.78 is 0. The van der Waals surface area contributed by atoms with Crippen molar-refractivity contribution in [3.05, 3.63) is 0 Å². The molecule has 0 saturated carbocycles. The van der Waals surface area contributed by atoms with Crippen LogP contribution in [0.5, 0.6) is 0 Å². The number of aliphatic hydroxyl groups is 1. The van der Waals surface area contributed by atoms with Crippen molar-refractivity contribution in [3.63, 3.8) is 0 Å². The van der Waals surface area contributed by atoms with Crippen LogP contribution < -0.4 is 5.32 Å². The van der Waals surface area contributed by atoms with Crippen LogP contribution in [0.25, 0.3) is 0 Å². The van der Waals surface area contributed by atoms with E-state index in [0.29, 0.717) is 18.1 Å². The molecule has 0 aromatic carbocycles. The zero-order valence-electron chi connectivity index (χ0n) is 13.2. The van der Waals surface area contributed by atoms with Crippen LogP contribution in [0.2, 0.25) is 0 Å². The molecule has 1 aliphatic rings. The highest BCUT2D eigenvalue weighted by atomic mass is 16.3. The number of piperidine rings is 1. The van der Waals surface area contributed by atoms with Crippen molar-refractivity contribution in [2.75, 3.05) is 32.8 Å². The van der Waals surface area contributed by atoms with Crippen LogP contribution >= 0.6 is 0 Å². The smallest absolute Gasteiger partial charge is 0.0445 e. The van der Waals surface area contributed by atoms with Crippen molar-refractivity contribution in [1.29, 1.82) is 0 Å². The molecule has 2 unspecified atom stereocenters. The molecule has 0 spiro atoms. The van der Waals surface area contributed by atoms with Crippen LogP contribution in [0.4, 0.5) is 0 Å². The van der Waals surface area contributed by atoms with Gasteiger partial charge in [-0.25, -0.2) is 0 Å². The molecule has 3 heteroatoms. The molecule has 2 atom stereocenters. The predicted molar refractivity (Wildman–Crippen MR) is 82.5 cm³/mol. The van der Waals surface area contributed by atoms with Gasteiger partial charge in [0.25, 0.3) is 0 Å². The predicted octanol–water partition coefficient (Wildman–Crippen LogP) is 2.64. The number of likely N-dealkylation sites (tertiary alicyclic amines) is 1. The highest BCUT2D eigenvalue weighted by molar-refractivity contribution is 4.85. The van der Waals surface area contributed by atoms with Gasteiger partial charge in [-0.1, -0.05) is 33.6 Å². The quantitative estimate of drug-likeness (QED) is 0.676. The topological polar surface area (TPSA) is 35.5 Å². The average molecular weight is 270 g/mol. The van der Waals surface area contributed by atoms with Crippen molar-refractivity contribution < 1.29 is 5.11 Å². The van der Waals surface area contributed by atoms with Crippen LogP contribution in [0, 0.1) is 5.41 Å². The first-order chi connectivity index (χ1) is 9.15. The number of nitrogens with one attached hydrogen (secondary N) is 1. The van der Waals surface area contributed by atoms with Crippen molar-refractivity contribution in [2.24, 2.45) is 5.41 Å². The Kier molecular flexibility index (Phi) is 7.96. The Morgan fingerprint density at radius 1 is 1.32 bits per heavy atom. The van der Waals surface area contributed by atoms with Crippen LogP contribution in [-0.2, 0) is 0 Å². The van der Waals surface area contributed by atoms with Gasteiger partial charge in [0.15, 0.2) is 0 Å². The normalized spacial score (nSPS) is 24.3. The maximum atomic E-state index is 9.24. The number of hydrogen-bond donors (Lipinski definition) is 2. The van der Waals surface area contributed by atoms with Crippen molar-refractivity contribution in [1.82, 2.24) is 10.2 Å². The second-order valence-corrected chi connectivity index (χ2v) is 6.47. The number of rotatable bonds is 9. The summed E-state index contributed by atoms with van der Waals surface area (Å²) in [5.41, 5.74) is 0.371. The molecule has 0 aliphatic carbocycles. The minimum Gasteiger partial charge on any atom is -0.396 e. The first-order valence-corrected chi connectivity index (χ1v) is 8.21. The highest BCUT2D eigenvalue weighted by Gasteiger charge is 2.30. The van der Waals surface area contributed by atoms with Gasteiger partial charge in [0, 0.05) is 25.7 Å². The standard InChI is InChI=1S/C16H34N2O/c1-4-10-16(3,13-17-5-2)14-18-11-7-6-8-15(18)9-12-19/h15,17,19H,4-14H2,1-3H3. The molecule has 0 aromatic heterocycles. The molecule has 0 radical (unpaired) electrons. The van der Waals surface area contributed by atoms with Crippen molar-refractivity contribution >= 4 is 0 Å². The zero-order chi connectivity index (χ0) is 14.1. The SMILES string of the molecule is CCCC(C)(CNCC)CN1CCCCC1CCO. The Morgan fingerprint density at radius 3 is 2.74 bits per heavy atom. The van der Waals surface area contributed by atoms with E-state index in [4.69, 9.17) is 0 Å². The van der Waals surface area contributed by atoms with E-state index in [-0.39, 0.29) is 0 Å². The van der Waals surface area contributed by atoms with E-state index in [1.54, 1.807) is 0 Å². The van der Waals surface area contributed by atoms with E-state index in [9.17, 15) is 5.11 Å². The van der Waals surface area contributed by atoms with E-state index in [1.165, 1.54) is 45.2 Å². The second-order valence-electron chi connectivity index (χ2n) is 6.47. The molecule has 1 heterocycles. The fourth-order valence-electron chi connectivity index (χ4n) is 3.49. The van der Waals surface area contributed by atoms with E-state index in [0.717, 1.165) is 19.5 Å². The minimum absolute atomic E-state index is 0.332. The van der Waals surface area contributed by atoms with Gasteiger partial charge in [-0.05, 0) is 44.2 Å². The molecule has 0 amide bonds. The van der Waals surface area contributed by atoms with Gasteiger partial charge in [0.1, 0.15) is 0 Å². The number of nitrogens with zero attached hydrogens (tertiary/aromatic N) is 1. The first-order valence-electron chi connectivity index (χ1n) is 8.21. The van der Waals surface area contributed by atoms with Gasteiger partial charge in [-0.15, -0.1) is 0 Å². The fraction of sp³-hybridized carbons (Fsp3) is 1.00. The average Bonchev–Trinajstić information content (AvgIpc) is 2.39. The molecule has 1 aliphatic heterocycles. The molecule has 1 rings (SSSR count). The third-order valence-electron chi connectivity index (χ3n) is 4.45. The number of aliphatic hydroxyl groups excluding tert-OH is 1. The molecule has 1 saturated heterocycles. The summed E-state index contributed by atoms with van der Waals surface area (Å²) in [5, 5.41) is 12.8. The molecule has 19 heavy (non-hydrogen) atoms. The summed E-state index contributed by atoms with van der Waals surface area (Å²) in [6.07, 6.45) is 7.40. The fourth-order valence-corrected chi connectivity index (χ4v) is 3.49. The Bertz CT molecular complexity index is 233. The van der Waals surface area contributed by atoms with Crippen LogP contribution in [-0.4, -0.2) is 48.8 Å². The molecular formula is C16H34N2O. The Labute approximate surface area is 119 Å². The molecule has 2 N–H and O–H groups in total.